The molecule has 0 heterocycles. The summed E-state index contributed by atoms with van der Waals surface area (Å²) in [6, 6.07) is 7.57. The van der Waals surface area contributed by atoms with Crippen LogP contribution in [0.3, 0.4) is 0 Å². The second-order valence-electron chi connectivity index (χ2n) is 3.88. The van der Waals surface area contributed by atoms with Gasteiger partial charge >= 0.3 is 5.97 Å². The van der Waals surface area contributed by atoms with Crippen LogP contribution in [0.1, 0.15) is 5.56 Å². The van der Waals surface area contributed by atoms with Crippen molar-refractivity contribution in [2.45, 2.75) is 6.42 Å². The first kappa shape index (κ1) is 13.0. The predicted octanol–water partition coefficient (Wildman–Crippen LogP) is 1.50. The molecule has 0 saturated carbocycles. The normalized spacial score (nSPS) is 10.5. The topological polar surface area (TPSA) is 57.6 Å². The summed E-state index contributed by atoms with van der Waals surface area (Å²) in [6.45, 7) is 0. The minimum absolute atomic E-state index is 0.218. The molecular formula is C13H15NO3. The third-order valence-electron chi connectivity index (χ3n) is 2.24. The molecule has 0 unspecified atom stereocenters. The van der Waals surface area contributed by atoms with E-state index >= 15 is 0 Å². The van der Waals surface area contributed by atoms with Gasteiger partial charge in [0.05, 0.1) is 0 Å². The van der Waals surface area contributed by atoms with Crippen LogP contribution < -0.4 is 4.90 Å². The van der Waals surface area contributed by atoms with E-state index in [1.54, 1.807) is 0 Å². The van der Waals surface area contributed by atoms with Gasteiger partial charge in [-0.25, -0.2) is 4.79 Å². The maximum absolute atomic E-state index is 11.4. The Bertz CT molecular complexity index is 432. The van der Waals surface area contributed by atoms with Crippen LogP contribution >= 0.6 is 0 Å². The molecule has 0 saturated heterocycles. The first-order valence-corrected chi connectivity index (χ1v) is 5.19. The highest BCUT2D eigenvalue weighted by Crippen LogP contribution is 2.12. The van der Waals surface area contributed by atoms with Crippen LogP contribution in [-0.4, -0.2) is 31.0 Å². The SMILES string of the molecule is CN(C)c1ccc(CC(=O)/C=C\C(=O)O)cc1. The van der Waals surface area contributed by atoms with Crippen molar-refractivity contribution in [1.82, 2.24) is 0 Å². The third kappa shape index (κ3) is 4.51. The molecule has 0 fully saturated rings. The minimum Gasteiger partial charge on any atom is -0.478 e. The lowest BCUT2D eigenvalue weighted by Crippen LogP contribution is -2.08. The van der Waals surface area contributed by atoms with Crippen molar-refractivity contribution in [2.24, 2.45) is 0 Å². The van der Waals surface area contributed by atoms with Gasteiger partial charge in [0, 0.05) is 32.3 Å². The van der Waals surface area contributed by atoms with E-state index in [0.29, 0.717) is 0 Å². The van der Waals surface area contributed by atoms with Crippen LogP contribution in [0.4, 0.5) is 5.69 Å². The summed E-state index contributed by atoms with van der Waals surface area (Å²) < 4.78 is 0. The lowest BCUT2D eigenvalue weighted by molar-refractivity contribution is -0.131. The summed E-state index contributed by atoms with van der Waals surface area (Å²) in [7, 11) is 3.88. The summed E-state index contributed by atoms with van der Waals surface area (Å²) >= 11 is 0. The Morgan fingerprint density at radius 2 is 1.76 bits per heavy atom. The Kier molecular flexibility index (Phi) is 4.46. The minimum atomic E-state index is -1.11. The van der Waals surface area contributed by atoms with Crippen LogP contribution in [0.25, 0.3) is 0 Å². The molecule has 0 aliphatic heterocycles. The average molecular weight is 233 g/mol. The molecule has 1 aromatic rings. The Labute approximate surface area is 100 Å². The zero-order valence-electron chi connectivity index (χ0n) is 9.88. The molecule has 4 heteroatoms. The second kappa shape index (κ2) is 5.84. The van der Waals surface area contributed by atoms with E-state index in [1.807, 2.05) is 43.3 Å². The number of allylic oxidation sites excluding steroid dienone is 1. The number of carboxylic acids is 1. The number of aliphatic carboxylic acids is 1. The fourth-order valence-corrected chi connectivity index (χ4v) is 1.34. The van der Waals surface area contributed by atoms with E-state index in [1.165, 1.54) is 0 Å². The smallest absolute Gasteiger partial charge is 0.328 e. The van der Waals surface area contributed by atoms with E-state index < -0.39 is 5.97 Å². The molecule has 1 N–H and O–H groups in total. The Hall–Kier alpha value is -2.10. The van der Waals surface area contributed by atoms with Crippen molar-refractivity contribution in [3.8, 4) is 0 Å². The van der Waals surface area contributed by atoms with Crippen molar-refractivity contribution in [3.05, 3.63) is 42.0 Å². The number of hydrogen-bond donors (Lipinski definition) is 1. The largest absolute Gasteiger partial charge is 0.478 e. The fraction of sp³-hybridized carbons (Fsp3) is 0.231. The summed E-state index contributed by atoms with van der Waals surface area (Å²) in [6.07, 6.45) is 2.16. The molecule has 90 valence electrons. The lowest BCUT2D eigenvalue weighted by Gasteiger charge is -2.12. The van der Waals surface area contributed by atoms with Crippen molar-refractivity contribution in [3.63, 3.8) is 0 Å². The first-order valence-electron chi connectivity index (χ1n) is 5.19. The van der Waals surface area contributed by atoms with Crippen LogP contribution in [0.2, 0.25) is 0 Å². The second-order valence-corrected chi connectivity index (χ2v) is 3.88. The molecule has 0 spiro atoms. The Morgan fingerprint density at radius 1 is 1.18 bits per heavy atom. The van der Waals surface area contributed by atoms with E-state index in [0.717, 1.165) is 23.4 Å². The quantitative estimate of drug-likeness (QED) is 0.783. The Morgan fingerprint density at radius 3 is 2.24 bits per heavy atom. The van der Waals surface area contributed by atoms with Gasteiger partial charge in [-0.3, -0.25) is 4.79 Å². The summed E-state index contributed by atoms with van der Waals surface area (Å²) in [5, 5.41) is 8.38. The molecule has 4 nitrogen and oxygen atoms in total. The standard InChI is InChI=1S/C13H15NO3/c1-14(2)11-5-3-10(4-6-11)9-12(15)7-8-13(16)17/h3-8H,9H2,1-2H3,(H,16,17)/b8-7-. The van der Waals surface area contributed by atoms with Gasteiger partial charge in [0.15, 0.2) is 5.78 Å². The van der Waals surface area contributed by atoms with E-state index in [-0.39, 0.29) is 12.2 Å². The molecule has 0 radical (unpaired) electrons. The number of rotatable bonds is 5. The van der Waals surface area contributed by atoms with Gasteiger partial charge in [0.25, 0.3) is 0 Å². The lowest BCUT2D eigenvalue weighted by atomic mass is 10.1. The van der Waals surface area contributed by atoms with Crippen LogP contribution in [0.5, 0.6) is 0 Å². The van der Waals surface area contributed by atoms with Gasteiger partial charge in [0.2, 0.25) is 0 Å². The maximum Gasteiger partial charge on any atom is 0.328 e. The fourth-order valence-electron chi connectivity index (χ4n) is 1.34. The highest BCUT2D eigenvalue weighted by molar-refractivity contribution is 5.96. The number of nitrogens with zero attached hydrogens (tertiary/aromatic N) is 1. The van der Waals surface area contributed by atoms with Gasteiger partial charge in [-0.1, -0.05) is 12.1 Å². The van der Waals surface area contributed by atoms with Gasteiger partial charge in [-0.15, -0.1) is 0 Å². The number of benzene rings is 1. The number of hydrogen-bond acceptors (Lipinski definition) is 3. The van der Waals surface area contributed by atoms with E-state index in [2.05, 4.69) is 0 Å². The zero-order chi connectivity index (χ0) is 12.8. The number of carboxylic acid groups (broad SMARTS) is 1. The zero-order valence-corrected chi connectivity index (χ0v) is 9.88. The molecule has 1 rings (SSSR count). The van der Waals surface area contributed by atoms with Gasteiger partial charge in [-0.05, 0) is 23.8 Å². The summed E-state index contributed by atoms with van der Waals surface area (Å²) in [5.74, 6) is -1.33. The number of ketones is 1. The van der Waals surface area contributed by atoms with Crippen LogP contribution in [0, 0.1) is 0 Å². The first-order chi connectivity index (χ1) is 7.99. The summed E-state index contributed by atoms with van der Waals surface area (Å²) in [5.41, 5.74) is 1.93. The van der Waals surface area contributed by atoms with Gasteiger partial charge in [0.1, 0.15) is 0 Å². The summed E-state index contributed by atoms with van der Waals surface area (Å²) in [4.78, 5) is 23.6. The highest BCUT2D eigenvalue weighted by Gasteiger charge is 2.01. The Balaban J connectivity index is 2.63. The van der Waals surface area contributed by atoms with Crippen molar-refractivity contribution in [2.75, 3.05) is 19.0 Å². The molecule has 0 aliphatic carbocycles. The molecule has 0 aromatic heterocycles. The van der Waals surface area contributed by atoms with Gasteiger partial charge in [-0.2, -0.15) is 0 Å². The molecule has 1 aromatic carbocycles. The number of anilines is 1. The van der Waals surface area contributed by atoms with Crippen molar-refractivity contribution < 1.29 is 14.7 Å². The average Bonchev–Trinajstić information content (AvgIpc) is 2.27. The van der Waals surface area contributed by atoms with Gasteiger partial charge < -0.3 is 10.0 Å². The monoisotopic (exact) mass is 233 g/mol. The molecular weight excluding hydrogens is 218 g/mol. The number of carbonyl (C=O) groups excluding carboxylic acids is 1. The highest BCUT2D eigenvalue weighted by atomic mass is 16.4. The maximum atomic E-state index is 11.4. The third-order valence-corrected chi connectivity index (χ3v) is 2.24. The molecule has 0 atom stereocenters. The van der Waals surface area contributed by atoms with E-state index in [9.17, 15) is 9.59 Å². The molecule has 0 bridgehead atoms. The van der Waals surface area contributed by atoms with Crippen molar-refractivity contribution in [1.29, 1.82) is 0 Å². The van der Waals surface area contributed by atoms with Crippen LogP contribution in [0.15, 0.2) is 36.4 Å². The van der Waals surface area contributed by atoms with Crippen molar-refractivity contribution >= 4 is 17.4 Å². The predicted molar refractivity (Wildman–Crippen MR) is 66.3 cm³/mol. The number of carbonyl (C=O) groups is 2. The molecule has 0 amide bonds. The van der Waals surface area contributed by atoms with E-state index in [4.69, 9.17) is 5.11 Å². The molecule has 0 aliphatic rings. The molecule has 17 heavy (non-hydrogen) atoms. The van der Waals surface area contributed by atoms with Crippen LogP contribution in [-0.2, 0) is 16.0 Å².